The highest BCUT2D eigenvalue weighted by atomic mass is 32.1. The average molecular weight is 266 g/mol. The van der Waals surface area contributed by atoms with Crippen LogP contribution < -0.4 is 0 Å². The van der Waals surface area contributed by atoms with Gasteiger partial charge >= 0.3 is 0 Å². The van der Waals surface area contributed by atoms with Gasteiger partial charge in [0.25, 0.3) is 0 Å². The molecule has 1 nitrogen and oxygen atoms in total. The molecule has 0 atom stereocenters. The molecule has 2 aromatic carbocycles. The molecule has 2 heteroatoms. The van der Waals surface area contributed by atoms with E-state index in [0.717, 1.165) is 6.42 Å². The lowest BCUT2D eigenvalue weighted by Gasteiger charge is -2.05. The van der Waals surface area contributed by atoms with Crippen LogP contribution in [0.4, 0.5) is 0 Å². The summed E-state index contributed by atoms with van der Waals surface area (Å²) in [7, 11) is 0. The summed E-state index contributed by atoms with van der Waals surface area (Å²) < 4.78 is 0. The summed E-state index contributed by atoms with van der Waals surface area (Å²) >= 11 is 1.78. The van der Waals surface area contributed by atoms with Gasteiger partial charge in [-0.1, -0.05) is 42.5 Å². The van der Waals surface area contributed by atoms with Gasteiger partial charge in [-0.3, -0.25) is 0 Å². The molecule has 0 saturated heterocycles. The molecule has 0 spiro atoms. The minimum absolute atomic E-state index is 0.317. The van der Waals surface area contributed by atoms with Crippen molar-refractivity contribution < 1.29 is 5.11 Å². The molecule has 0 aliphatic carbocycles. The van der Waals surface area contributed by atoms with Crippen LogP contribution in [-0.4, -0.2) is 5.11 Å². The van der Waals surface area contributed by atoms with E-state index in [-0.39, 0.29) is 0 Å². The van der Waals surface area contributed by atoms with Gasteiger partial charge in [0.05, 0.1) is 0 Å². The molecule has 3 rings (SSSR count). The Morgan fingerprint density at radius 2 is 1.58 bits per heavy atom. The first-order valence-electron chi connectivity index (χ1n) is 6.22. The van der Waals surface area contributed by atoms with Crippen molar-refractivity contribution in [2.75, 3.05) is 0 Å². The predicted octanol–water partition coefficient (Wildman–Crippen LogP) is 4.71. The molecule has 0 aliphatic rings. The van der Waals surface area contributed by atoms with Gasteiger partial charge in [-0.2, -0.15) is 0 Å². The van der Waals surface area contributed by atoms with Crippen LogP contribution in [0.25, 0.3) is 10.4 Å². The molecule has 3 aromatic rings. The Bertz CT molecular complexity index is 653. The van der Waals surface area contributed by atoms with E-state index in [2.05, 4.69) is 35.7 Å². The molecule has 0 aliphatic heterocycles. The topological polar surface area (TPSA) is 20.2 Å². The van der Waals surface area contributed by atoms with Crippen LogP contribution in [0.1, 0.15) is 11.1 Å². The second-order valence-corrected chi connectivity index (χ2v) is 5.40. The second kappa shape index (κ2) is 5.29. The number of rotatable bonds is 3. The third-order valence-electron chi connectivity index (χ3n) is 3.11. The van der Waals surface area contributed by atoms with Gasteiger partial charge in [0, 0.05) is 4.88 Å². The van der Waals surface area contributed by atoms with E-state index in [9.17, 15) is 5.11 Å². The Kier molecular flexibility index (Phi) is 3.34. The Morgan fingerprint density at radius 3 is 2.32 bits per heavy atom. The lowest BCUT2D eigenvalue weighted by molar-refractivity contribution is 0.475. The van der Waals surface area contributed by atoms with Crippen molar-refractivity contribution in [3.05, 3.63) is 77.2 Å². The number of phenolic OH excluding ortho intramolecular Hbond substituents is 1. The number of thiophene rings is 1. The third-order valence-corrected chi connectivity index (χ3v) is 4.12. The van der Waals surface area contributed by atoms with Gasteiger partial charge in [-0.15, -0.1) is 11.3 Å². The van der Waals surface area contributed by atoms with E-state index < -0.39 is 0 Å². The molecule has 0 amide bonds. The molecule has 0 fully saturated rings. The molecule has 0 radical (unpaired) electrons. The lowest BCUT2D eigenvalue weighted by atomic mass is 10.0. The van der Waals surface area contributed by atoms with Crippen LogP contribution in [-0.2, 0) is 6.42 Å². The Labute approximate surface area is 116 Å². The van der Waals surface area contributed by atoms with Crippen molar-refractivity contribution in [1.29, 1.82) is 0 Å². The fraction of sp³-hybridized carbons (Fsp3) is 0.0588. The summed E-state index contributed by atoms with van der Waals surface area (Å²) in [5.74, 6) is 0.317. The van der Waals surface area contributed by atoms with E-state index in [1.165, 1.54) is 21.6 Å². The highest BCUT2D eigenvalue weighted by molar-refractivity contribution is 7.13. The summed E-state index contributed by atoms with van der Waals surface area (Å²) in [6.45, 7) is 0. The van der Waals surface area contributed by atoms with Crippen LogP contribution in [0.5, 0.6) is 5.75 Å². The summed E-state index contributed by atoms with van der Waals surface area (Å²) in [5.41, 5.74) is 3.82. The number of phenols is 1. The summed E-state index contributed by atoms with van der Waals surface area (Å²) in [5, 5.41) is 11.5. The summed E-state index contributed by atoms with van der Waals surface area (Å²) in [4.78, 5) is 1.33. The normalized spacial score (nSPS) is 10.5. The molecule has 0 bridgehead atoms. The first kappa shape index (κ1) is 12.0. The van der Waals surface area contributed by atoms with Crippen molar-refractivity contribution in [3.8, 4) is 16.2 Å². The van der Waals surface area contributed by atoms with Gasteiger partial charge in [-0.25, -0.2) is 0 Å². The van der Waals surface area contributed by atoms with E-state index in [4.69, 9.17) is 0 Å². The van der Waals surface area contributed by atoms with Gasteiger partial charge in [-0.05, 0) is 46.7 Å². The minimum atomic E-state index is 0.317. The van der Waals surface area contributed by atoms with E-state index >= 15 is 0 Å². The van der Waals surface area contributed by atoms with Crippen LogP contribution >= 0.6 is 11.3 Å². The molecule has 0 saturated carbocycles. The molecular weight excluding hydrogens is 252 g/mol. The van der Waals surface area contributed by atoms with Gasteiger partial charge in [0.1, 0.15) is 5.75 Å². The zero-order chi connectivity index (χ0) is 13.1. The van der Waals surface area contributed by atoms with Gasteiger partial charge < -0.3 is 5.11 Å². The zero-order valence-electron chi connectivity index (χ0n) is 10.4. The first-order chi connectivity index (χ1) is 9.33. The molecule has 1 N–H and O–H groups in total. The maximum Gasteiger partial charge on any atom is 0.115 e. The van der Waals surface area contributed by atoms with Crippen molar-refractivity contribution in [2.24, 2.45) is 0 Å². The monoisotopic (exact) mass is 266 g/mol. The van der Waals surface area contributed by atoms with E-state index in [1.807, 2.05) is 18.2 Å². The zero-order valence-corrected chi connectivity index (χ0v) is 11.2. The maximum absolute atomic E-state index is 9.32. The van der Waals surface area contributed by atoms with Crippen LogP contribution in [0, 0.1) is 0 Å². The fourth-order valence-electron chi connectivity index (χ4n) is 2.15. The quantitative estimate of drug-likeness (QED) is 0.727. The van der Waals surface area contributed by atoms with Gasteiger partial charge in [0.2, 0.25) is 0 Å². The number of benzene rings is 2. The summed E-state index contributed by atoms with van der Waals surface area (Å²) in [6, 6.07) is 20.1. The number of hydrogen-bond donors (Lipinski definition) is 1. The van der Waals surface area contributed by atoms with Crippen LogP contribution in [0.2, 0.25) is 0 Å². The third kappa shape index (κ3) is 2.69. The van der Waals surface area contributed by atoms with E-state index in [1.54, 1.807) is 23.5 Å². The van der Waals surface area contributed by atoms with Crippen LogP contribution in [0.15, 0.2) is 66.0 Å². The number of aromatic hydroxyl groups is 1. The van der Waals surface area contributed by atoms with Crippen LogP contribution in [0.3, 0.4) is 0 Å². The highest BCUT2D eigenvalue weighted by Crippen LogP contribution is 2.31. The van der Waals surface area contributed by atoms with Crippen molar-refractivity contribution >= 4 is 11.3 Å². The fourth-order valence-corrected chi connectivity index (χ4v) is 3.08. The Hall–Kier alpha value is -2.06. The first-order valence-corrected chi connectivity index (χ1v) is 7.10. The maximum atomic E-state index is 9.32. The molecule has 19 heavy (non-hydrogen) atoms. The minimum Gasteiger partial charge on any atom is -0.508 e. The average Bonchev–Trinajstić information content (AvgIpc) is 2.90. The van der Waals surface area contributed by atoms with Crippen molar-refractivity contribution in [3.63, 3.8) is 0 Å². The molecule has 94 valence electrons. The van der Waals surface area contributed by atoms with Crippen molar-refractivity contribution in [2.45, 2.75) is 6.42 Å². The lowest BCUT2D eigenvalue weighted by Crippen LogP contribution is -1.87. The van der Waals surface area contributed by atoms with Gasteiger partial charge in [0.15, 0.2) is 0 Å². The molecule has 1 aromatic heterocycles. The second-order valence-electron chi connectivity index (χ2n) is 4.48. The molecule has 1 heterocycles. The van der Waals surface area contributed by atoms with Crippen molar-refractivity contribution in [1.82, 2.24) is 0 Å². The summed E-state index contributed by atoms with van der Waals surface area (Å²) in [6.07, 6.45) is 0.897. The highest BCUT2D eigenvalue weighted by Gasteiger charge is 2.07. The standard InChI is InChI=1S/C17H14OS/c18-16-8-6-13(7-9-16)12-15-10-11-19-17(15)14-4-2-1-3-5-14/h1-11,18H,12H2. The van der Waals surface area contributed by atoms with E-state index in [0.29, 0.717) is 5.75 Å². The smallest absolute Gasteiger partial charge is 0.115 e. The molecule has 0 unspecified atom stereocenters. The predicted molar refractivity (Wildman–Crippen MR) is 80.7 cm³/mol. The Morgan fingerprint density at radius 1 is 0.842 bits per heavy atom. The SMILES string of the molecule is Oc1ccc(Cc2ccsc2-c2ccccc2)cc1. The number of hydrogen-bond acceptors (Lipinski definition) is 2. The largest absolute Gasteiger partial charge is 0.508 e. The molecular formula is C17H14OS. The Balaban J connectivity index is 1.91.